The molecule has 0 spiro atoms. The van der Waals surface area contributed by atoms with E-state index in [0.29, 0.717) is 5.57 Å². The number of hydrogen-bond acceptors (Lipinski definition) is 8. The maximum absolute atomic E-state index is 10.3. The van der Waals surface area contributed by atoms with Crippen LogP contribution in [-0.2, 0) is 38.1 Å². The van der Waals surface area contributed by atoms with Crippen LogP contribution in [0, 0.1) is 0 Å². The van der Waals surface area contributed by atoms with Gasteiger partial charge in [0, 0.05) is 23.8 Å². The van der Waals surface area contributed by atoms with E-state index in [1.807, 2.05) is 0 Å². The van der Waals surface area contributed by atoms with Gasteiger partial charge in [-0.15, -0.1) is 0 Å². The molecule has 0 rings (SSSR count). The Balaban J connectivity index is -0.000000283. The van der Waals surface area contributed by atoms with Gasteiger partial charge in [0.15, 0.2) is 0 Å². The molecule has 0 amide bonds. The van der Waals surface area contributed by atoms with Gasteiger partial charge in [0.1, 0.15) is 0 Å². The third kappa shape index (κ3) is 21.4. The lowest BCUT2D eigenvalue weighted by atomic mass is 10.4. The maximum Gasteiger partial charge on any atom is 0.332 e. The van der Waals surface area contributed by atoms with Crippen LogP contribution in [0.2, 0.25) is 0 Å². The molecule has 0 aliphatic carbocycles. The zero-order chi connectivity index (χ0) is 19.5. The predicted molar refractivity (Wildman–Crippen MR) is 86.8 cm³/mol. The van der Waals surface area contributed by atoms with E-state index in [2.05, 4.69) is 25.5 Å². The number of carbonyl (C=O) groups excluding carboxylic acids is 4. The van der Waals surface area contributed by atoms with E-state index in [1.165, 1.54) is 34.5 Å². The van der Waals surface area contributed by atoms with Crippen LogP contribution in [0.5, 0.6) is 0 Å². The summed E-state index contributed by atoms with van der Waals surface area (Å²) in [5.74, 6) is -1.81. The lowest BCUT2D eigenvalue weighted by Crippen LogP contribution is -1.98. The van der Waals surface area contributed by atoms with E-state index >= 15 is 0 Å². The van der Waals surface area contributed by atoms with Crippen molar-refractivity contribution in [1.82, 2.24) is 0 Å². The number of hydrogen-bond donors (Lipinski definition) is 0. The highest BCUT2D eigenvalue weighted by Crippen LogP contribution is 1.87. The van der Waals surface area contributed by atoms with E-state index in [-0.39, 0.29) is 11.9 Å². The molecule has 0 saturated carbocycles. The minimum absolute atomic E-state index is 0.303. The fraction of sp³-hybridized carbons (Fsp3) is 0.375. The lowest BCUT2D eigenvalue weighted by Gasteiger charge is -1.91. The second-order valence-electron chi connectivity index (χ2n) is 3.67. The van der Waals surface area contributed by atoms with Gasteiger partial charge in [0.2, 0.25) is 0 Å². The first-order valence-corrected chi connectivity index (χ1v) is 6.48. The number of rotatable bonds is 4. The van der Waals surface area contributed by atoms with Gasteiger partial charge in [0.25, 0.3) is 0 Å². The van der Waals surface area contributed by atoms with Gasteiger partial charge in [0.05, 0.1) is 28.4 Å². The molecule has 8 nitrogen and oxygen atoms in total. The molecule has 0 aliphatic heterocycles. The molecule has 0 radical (unpaired) electrons. The third-order valence-electron chi connectivity index (χ3n) is 1.80. The summed E-state index contributed by atoms with van der Waals surface area (Å²) in [5, 5.41) is 0. The Morgan fingerprint density at radius 3 is 1.17 bits per heavy atom. The minimum Gasteiger partial charge on any atom is -0.466 e. The Kier molecular flexibility index (Phi) is 19.7. The van der Waals surface area contributed by atoms with Crippen molar-refractivity contribution >= 4 is 23.9 Å². The molecule has 0 atom stereocenters. The quantitative estimate of drug-likeness (QED) is 0.428. The Bertz CT molecular complexity index is 456. The van der Waals surface area contributed by atoms with Crippen molar-refractivity contribution in [3.05, 3.63) is 36.5 Å². The summed E-state index contributed by atoms with van der Waals surface area (Å²) in [6.45, 7) is 6.72. The van der Waals surface area contributed by atoms with E-state index in [1.54, 1.807) is 19.9 Å². The number of ether oxygens (including phenoxy) is 4. The fourth-order valence-electron chi connectivity index (χ4n) is 0.651. The zero-order valence-electron chi connectivity index (χ0n) is 14.8. The van der Waals surface area contributed by atoms with Crippen LogP contribution in [0.4, 0.5) is 0 Å². The molecule has 8 heteroatoms. The monoisotopic (exact) mass is 344 g/mol. The lowest BCUT2D eigenvalue weighted by molar-refractivity contribution is -0.137. The summed E-state index contributed by atoms with van der Waals surface area (Å²) >= 11 is 0. The molecule has 136 valence electrons. The molecular formula is C16H24O8. The fourth-order valence-corrected chi connectivity index (χ4v) is 0.651. The Labute approximate surface area is 141 Å². The smallest absolute Gasteiger partial charge is 0.332 e. The van der Waals surface area contributed by atoms with Gasteiger partial charge in [-0.2, -0.15) is 0 Å². The average Bonchev–Trinajstić information content (AvgIpc) is 2.59. The topological polar surface area (TPSA) is 105 Å². The molecule has 0 unspecified atom stereocenters. The van der Waals surface area contributed by atoms with Crippen LogP contribution in [0.1, 0.15) is 13.8 Å². The summed E-state index contributed by atoms with van der Waals surface area (Å²) in [4.78, 5) is 40.9. The maximum atomic E-state index is 10.3. The van der Waals surface area contributed by atoms with Crippen molar-refractivity contribution < 1.29 is 38.1 Å². The predicted octanol–water partition coefficient (Wildman–Crippen LogP) is 1.36. The van der Waals surface area contributed by atoms with E-state index in [4.69, 9.17) is 0 Å². The molecule has 0 saturated heterocycles. The van der Waals surface area contributed by atoms with Crippen molar-refractivity contribution in [2.45, 2.75) is 13.8 Å². The van der Waals surface area contributed by atoms with Crippen LogP contribution in [-0.4, -0.2) is 52.3 Å². The molecule has 0 fully saturated rings. The van der Waals surface area contributed by atoms with Crippen LogP contribution in [0.15, 0.2) is 36.5 Å². The molecule has 0 heterocycles. The summed E-state index contributed by atoms with van der Waals surface area (Å²) in [6, 6.07) is 0. The van der Waals surface area contributed by atoms with Crippen molar-refractivity contribution in [2.75, 3.05) is 28.4 Å². The Morgan fingerprint density at radius 2 is 1.04 bits per heavy atom. The normalized spacial score (nSPS) is 8.92. The standard InChI is InChI=1S/C6H8O4.2C5H8O2/c1-9-5(7)3-4-6(8)10-2;1-4(2)5(6)7-3;1-3-4-5(6)7-2/h3-4H,1-2H3;1H2,2-3H3;3-4H,1-2H3/b4-3-;;4-3+. The Hall–Kier alpha value is -2.90. The van der Waals surface area contributed by atoms with Crippen molar-refractivity contribution in [3.8, 4) is 0 Å². The summed E-state index contributed by atoms with van der Waals surface area (Å²) < 4.78 is 17.0. The van der Waals surface area contributed by atoms with Crippen LogP contribution >= 0.6 is 0 Å². The molecule has 0 N–H and O–H groups in total. The minimum atomic E-state index is -0.578. The van der Waals surface area contributed by atoms with Crippen LogP contribution < -0.4 is 0 Å². The first kappa shape index (κ1) is 26.0. The summed E-state index contributed by atoms with van der Waals surface area (Å²) in [5.41, 5.74) is 0.433. The molecule has 0 aromatic rings. The SMILES string of the molecule is C/C=C/C(=O)OC.C=C(C)C(=O)OC.COC(=O)/C=C\C(=O)OC. The number of allylic oxidation sites excluding steroid dienone is 1. The van der Waals surface area contributed by atoms with Crippen LogP contribution in [0.25, 0.3) is 0 Å². The molecule has 0 bridgehead atoms. The molecule has 24 heavy (non-hydrogen) atoms. The van der Waals surface area contributed by atoms with Gasteiger partial charge in [-0.05, 0) is 13.8 Å². The molecule has 0 aliphatic rings. The number of esters is 4. The largest absolute Gasteiger partial charge is 0.466 e. The van der Waals surface area contributed by atoms with E-state index in [9.17, 15) is 19.2 Å². The second-order valence-corrected chi connectivity index (χ2v) is 3.67. The highest BCUT2D eigenvalue weighted by Gasteiger charge is 1.95. The first-order valence-electron chi connectivity index (χ1n) is 6.48. The van der Waals surface area contributed by atoms with Gasteiger partial charge in [-0.3, -0.25) is 0 Å². The number of methoxy groups -OCH3 is 4. The van der Waals surface area contributed by atoms with Gasteiger partial charge < -0.3 is 18.9 Å². The van der Waals surface area contributed by atoms with Crippen LogP contribution in [0.3, 0.4) is 0 Å². The van der Waals surface area contributed by atoms with Gasteiger partial charge in [-0.25, -0.2) is 19.2 Å². The highest BCUT2D eigenvalue weighted by molar-refractivity contribution is 5.91. The second kappa shape index (κ2) is 18.1. The van der Waals surface area contributed by atoms with E-state index in [0.717, 1.165) is 12.2 Å². The van der Waals surface area contributed by atoms with Gasteiger partial charge >= 0.3 is 23.9 Å². The van der Waals surface area contributed by atoms with Gasteiger partial charge in [-0.1, -0.05) is 12.7 Å². The van der Waals surface area contributed by atoms with Crippen molar-refractivity contribution in [2.24, 2.45) is 0 Å². The summed E-state index contributed by atoms with van der Waals surface area (Å²) in [7, 11) is 5.13. The molecule has 0 aromatic heterocycles. The summed E-state index contributed by atoms with van der Waals surface area (Å²) in [6.07, 6.45) is 4.98. The average molecular weight is 344 g/mol. The van der Waals surface area contributed by atoms with Crippen molar-refractivity contribution in [1.29, 1.82) is 0 Å². The third-order valence-corrected chi connectivity index (χ3v) is 1.80. The highest BCUT2D eigenvalue weighted by atomic mass is 16.5. The molecular weight excluding hydrogens is 320 g/mol. The molecule has 0 aromatic carbocycles. The Morgan fingerprint density at radius 1 is 0.708 bits per heavy atom. The van der Waals surface area contributed by atoms with E-state index < -0.39 is 11.9 Å². The zero-order valence-corrected chi connectivity index (χ0v) is 14.8. The first-order chi connectivity index (χ1) is 11.2. The van der Waals surface area contributed by atoms with Crippen molar-refractivity contribution in [3.63, 3.8) is 0 Å². The number of carbonyl (C=O) groups is 4.